The van der Waals surface area contributed by atoms with Gasteiger partial charge < -0.3 is 5.11 Å². The van der Waals surface area contributed by atoms with Crippen molar-refractivity contribution in [3.8, 4) is 0 Å². The molecule has 1 aromatic heterocycles. The van der Waals surface area contributed by atoms with E-state index in [1.54, 1.807) is 22.5 Å². The standard InChI is InChI=1S/C18H22N2O4S2/c1-13-11-17(14(2)25-13)26(23,24)20-9-7-19(8-10-20)12-15-3-5-16(6-4-15)18(21)22/h3-6,11H,7-10,12H2,1-2H3,(H,21,22). The van der Waals surface area contributed by atoms with Gasteiger partial charge in [-0.05, 0) is 37.6 Å². The lowest BCUT2D eigenvalue weighted by Gasteiger charge is -2.34. The summed E-state index contributed by atoms with van der Waals surface area (Å²) in [4.78, 5) is 15.4. The van der Waals surface area contributed by atoms with E-state index in [1.807, 2.05) is 26.0 Å². The number of carboxylic acids is 1. The van der Waals surface area contributed by atoms with E-state index >= 15 is 0 Å². The molecule has 1 aromatic carbocycles. The number of rotatable bonds is 5. The summed E-state index contributed by atoms with van der Waals surface area (Å²) >= 11 is 1.51. The van der Waals surface area contributed by atoms with Crippen molar-refractivity contribution in [3.63, 3.8) is 0 Å². The summed E-state index contributed by atoms with van der Waals surface area (Å²) in [6.45, 7) is 6.69. The van der Waals surface area contributed by atoms with Crippen molar-refractivity contribution in [3.05, 3.63) is 51.2 Å². The fraction of sp³-hybridized carbons (Fsp3) is 0.389. The first-order valence-corrected chi connectivity index (χ1v) is 10.6. The molecule has 2 heterocycles. The normalized spacial score (nSPS) is 16.7. The predicted molar refractivity (Wildman–Crippen MR) is 101 cm³/mol. The predicted octanol–water partition coefficient (Wildman–Crippen LogP) is 2.57. The third-order valence-electron chi connectivity index (χ3n) is 4.55. The Balaban J connectivity index is 1.62. The van der Waals surface area contributed by atoms with Crippen LogP contribution in [0.1, 0.15) is 25.7 Å². The van der Waals surface area contributed by atoms with Gasteiger partial charge in [0, 0.05) is 42.5 Å². The molecule has 0 atom stereocenters. The first-order chi connectivity index (χ1) is 12.3. The van der Waals surface area contributed by atoms with Gasteiger partial charge in [0.15, 0.2) is 0 Å². The Morgan fingerprint density at radius 2 is 1.73 bits per heavy atom. The fourth-order valence-corrected chi connectivity index (χ4v) is 6.09. The van der Waals surface area contributed by atoms with E-state index in [4.69, 9.17) is 5.11 Å². The number of aryl methyl sites for hydroxylation is 2. The van der Waals surface area contributed by atoms with Gasteiger partial charge in [0.2, 0.25) is 10.0 Å². The van der Waals surface area contributed by atoms with Gasteiger partial charge in [-0.3, -0.25) is 4.90 Å². The lowest BCUT2D eigenvalue weighted by molar-refractivity contribution is 0.0697. The van der Waals surface area contributed by atoms with E-state index in [2.05, 4.69) is 4.90 Å². The van der Waals surface area contributed by atoms with Crippen LogP contribution in [0.4, 0.5) is 0 Å². The molecule has 0 unspecified atom stereocenters. The van der Waals surface area contributed by atoms with Crippen molar-refractivity contribution >= 4 is 27.3 Å². The Kier molecular flexibility index (Phi) is 5.47. The maximum Gasteiger partial charge on any atom is 0.335 e. The summed E-state index contributed by atoms with van der Waals surface area (Å²) in [6, 6.07) is 8.57. The van der Waals surface area contributed by atoms with Crippen LogP contribution in [0, 0.1) is 13.8 Å². The average Bonchev–Trinajstić information content (AvgIpc) is 2.95. The number of aromatic carboxylic acids is 1. The highest BCUT2D eigenvalue weighted by Crippen LogP contribution is 2.28. The molecule has 2 aromatic rings. The summed E-state index contributed by atoms with van der Waals surface area (Å²) in [5.41, 5.74) is 1.29. The quantitative estimate of drug-likeness (QED) is 0.843. The second kappa shape index (κ2) is 7.48. The van der Waals surface area contributed by atoms with Crippen LogP contribution in [0.5, 0.6) is 0 Å². The summed E-state index contributed by atoms with van der Waals surface area (Å²) in [7, 11) is -3.43. The fourth-order valence-electron chi connectivity index (χ4n) is 3.14. The SMILES string of the molecule is Cc1cc(S(=O)(=O)N2CCN(Cc3ccc(C(=O)O)cc3)CC2)c(C)s1. The van der Waals surface area contributed by atoms with E-state index in [1.165, 1.54) is 11.3 Å². The first kappa shape index (κ1) is 19.0. The van der Waals surface area contributed by atoms with Gasteiger partial charge in [-0.1, -0.05) is 12.1 Å². The maximum atomic E-state index is 12.8. The van der Waals surface area contributed by atoms with E-state index in [0.29, 0.717) is 37.6 Å². The van der Waals surface area contributed by atoms with Crippen molar-refractivity contribution < 1.29 is 18.3 Å². The Labute approximate surface area is 157 Å². The molecule has 3 rings (SSSR count). The number of benzene rings is 1. The number of carbonyl (C=O) groups is 1. The van der Waals surface area contributed by atoms with Crippen molar-refractivity contribution in [1.29, 1.82) is 0 Å². The molecule has 26 heavy (non-hydrogen) atoms. The van der Waals surface area contributed by atoms with Gasteiger partial charge in [-0.25, -0.2) is 13.2 Å². The Hall–Kier alpha value is -1.74. The van der Waals surface area contributed by atoms with Gasteiger partial charge in [0.1, 0.15) is 0 Å². The second-order valence-corrected chi connectivity index (χ2v) is 9.83. The van der Waals surface area contributed by atoms with Crippen molar-refractivity contribution in [2.24, 2.45) is 0 Å². The highest BCUT2D eigenvalue weighted by atomic mass is 32.2. The highest BCUT2D eigenvalue weighted by molar-refractivity contribution is 7.89. The lowest BCUT2D eigenvalue weighted by atomic mass is 10.1. The third-order valence-corrected chi connectivity index (χ3v) is 7.67. The summed E-state index contributed by atoms with van der Waals surface area (Å²) in [6.07, 6.45) is 0. The Morgan fingerprint density at radius 1 is 1.12 bits per heavy atom. The van der Waals surface area contributed by atoms with E-state index in [9.17, 15) is 13.2 Å². The van der Waals surface area contributed by atoms with Crippen molar-refractivity contribution in [2.75, 3.05) is 26.2 Å². The molecule has 0 spiro atoms. The van der Waals surface area contributed by atoms with Crippen LogP contribution in [0.3, 0.4) is 0 Å². The average molecular weight is 395 g/mol. The number of sulfonamides is 1. The molecule has 8 heteroatoms. The molecule has 6 nitrogen and oxygen atoms in total. The molecular weight excluding hydrogens is 372 g/mol. The molecule has 0 bridgehead atoms. The van der Waals surface area contributed by atoms with E-state index in [0.717, 1.165) is 15.3 Å². The molecule has 0 radical (unpaired) electrons. The van der Waals surface area contributed by atoms with Crippen LogP contribution in [0.15, 0.2) is 35.2 Å². The van der Waals surface area contributed by atoms with Crippen LogP contribution < -0.4 is 0 Å². The topological polar surface area (TPSA) is 77.9 Å². The van der Waals surface area contributed by atoms with Crippen LogP contribution in [-0.2, 0) is 16.6 Å². The van der Waals surface area contributed by atoms with Crippen LogP contribution in [0.25, 0.3) is 0 Å². The lowest BCUT2D eigenvalue weighted by Crippen LogP contribution is -2.48. The number of carboxylic acid groups (broad SMARTS) is 1. The smallest absolute Gasteiger partial charge is 0.335 e. The first-order valence-electron chi connectivity index (χ1n) is 8.39. The minimum Gasteiger partial charge on any atom is -0.478 e. The maximum absolute atomic E-state index is 12.8. The molecule has 1 N–H and O–H groups in total. The van der Waals surface area contributed by atoms with E-state index < -0.39 is 16.0 Å². The summed E-state index contributed by atoms with van der Waals surface area (Å²) in [5.74, 6) is -0.936. The molecule has 0 saturated carbocycles. The van der Waals surface area contributed by atoms with Gasteiger partial charge >= 0.3 is 5.97 Å². The minimum atomic E-state index is -3.43. The highest BCUT2D eigenvalue weighted by Gasteiger charge is 2.30. The zero-order valence-corrected chi connectivity index (χ0v) is 16.4. The van der Waals surface area contributed by atoms with E-state index in [-0.39, 0.29) is 5.56 Å². The largest absolute Gasteiger partial charge is 0.478 e. The monoisotopic (exact) mass is 394 g/mol. The number of thiophene rings is 1. The number of hydrogen-bond acceptors (Lipinski definition) is 5. The van der Waals surface area contributed by atoms with Gasteiger partial charge in [-0.2, -0.15) is 4.31 Å². The van der Waals surface area contributed by atoms with Crippen LogP contribution in [0.2, 0.25) is 0 Å². The molecule has 140 valence electrons. The van der Waals surface area contributed by atoms with Crippen LogP contribution in [-0.4, -0.2) is 54.9 Å². The van der Waals surface area contributed by atoms with Gasteiger partial charge in [0.05, 0.1) is 10.5 Å². The Morgan fingerprint density at radius 3 is 2.23 bits per heavy atom. The zero-order valence-electron chi connectivity index (χ0n) is 14.8. The third kappa shape index (κ3) is 3.98. The number of piperazine rings is 1. The molecular formula is C18H22N2O4S2. The van der Waals surface area contributed by atoms with Gasteiger partial charge in [-0.15, -0.1) is 11.3 Å². The molecule has 1 saturated heterocycles. The van der Waals surface area contributed by atoms with Crippen molar-refractivity contribution in [2.45, 2.75) is 25.3 Å². The molecule has 1 aliphatic rings. The van der Waals surface area contributed by atoms with Crippen molar-refractivity contribution in [1.82, 2.24) is 9.21 Å². The second-order valence-electron chi connectivity index (χ2n) is 6.46. The Bertz CT molecular complexity index is 896. The molecule has 0 aliphatic carbocycles. The molecule has 0 amide bonds. The summed E-state index contributed by atoms with van der Waals surface area (Å²) in [5, 5.41) is 8.95. The molecule has 1 aliphatic heterocycles. The minimum absolute atomic E-state index is 0.270. The number of nitrogens with zero attached hydrogens (tertiary/aromatic N) is 2. The number of hydrogen-bond donors (Lipinski definition) is 1. The van der Waals surface area contributed by atoms with Gasteiger partial charge in [0.25, 0.3) is 0 Å². The summed E-state index contributed by atoms with van der Waals surface area (Å²) < 4.78 is 27.3. The molecule has 1 fully saturated rings. The zero-order chi connectivity index (χ0) is 18.9. The van der Waals surface area contributed by atoms with Crippen LogP contribution >= 0.6 is 11.3 Å².